The van der Waals surface area contributed by atoms with Gasteiger partial charge in [-0.1, -0.05) is 0 Å². The van der Waals surface area contributed by atoms with Crippen molar-refractivity contribution in [3.63, 3.8) is 0 Å². The Morgan fingerprint density at radius 1 is 1.35 bits per heavy atom. The summed E-state index contributed by atoms with van der Waals surface area (Å²) in [5.74, 6) is -0.316. The second-order valence-corrected chi connectivity index (χ2v) is 4.66. The predicted octanol–water partition coefficient (Wildman–Crippen LogP) is 1.60. The summed E-state index contributed by atoms with van der Waals surface area (Å²) in [6.45, 7) is 1.53. The standard InChI is InChI=1S/C13H17FN2O/c1-15(2)12-7-8-16(9-12)13(17)10-3-5-11(14)6-4-10/h3-6,12H,7-9H2,1-2H3. The fraction of sp³-hybridized carbons (Fsp3) is 0.462. The lowest BCUT2D eigenvalue weighted by Crippen LogP contribution is -2.34. The van der Waals surface area contributed by atoms with Gasteiger partial charge < -0.3 is 9.80 Å². The zero-order chi connectivity index (χ0) is 12.4. The maximum absolute atomic E-state index is 12.8. The number of halogens is 1. The first-order chi connectivity index (χ1) is 8.08. The number of benzene rings is 1. The van der Waals surface area contributed by atoms with Crippen LogP contribution in [0.25, 0.3) is 0 Å². The molecule has 0 bridgehead atoms. The number of amides is 1. The maximum Gasteiger partial charge on any atom is 0.253 e. The van der Waals surface area contributed by atoms with Gasteiger partial charge >= 0.3 is 0 Å². The van der Waals surface area contributed by atoms with Crippen molar-refractivity contribution in [3.05, 3.63) is 35.6 Å². The van der Waals surface area contributed by atoms with Crippen LogP contribution < -0.4 is 0 Å². The van der Waals surface area contributed by atoms with Crippen molar-refractivity contribution in [2.75, 3.05) is 27.2 Å². The van der Waals surface area contributed by atoms with E-state index >= 15 is 0 Å². The molecule has 92 valence electrons. The summed E-state index contributed by atoms with van der Waals surface area (Å²) in [4.78, 5) is 16.1. The summed E-state index contributed by atoms with van der Waals surface area (Å²) < 4.78 is 12.8. The Balaban J connectivity index is 2.04. The second kappa shape index (κ2) is 4.84. The fourth-order valence-electron chi connectivity index (χ4n) is 2.12. The van der Waals surface area contributed by atoms with Gasteiger partial charge in [0.1, 0.15) is 5.82 Å². The molecule has 1 aliphatic rings. The van der Waals surface area contributed by atoms with Gasteiger partial charge in [0.25, 0.3) is 5.91 Å². The maximum atomic E-state index is 12.8. The highest BCUT2D eigenvalue weighted by Gasteiger charge is 2.27. The first-order valence-electron chi connectivity index (χ1n) is 5.79. The zero-order valence-corrected chi connectivity index (χ0v) is 10.2. The zero-order valence-electron chi connectivity index (χ0n) is 10.2. The lowest BCUT2D eigenvalue weighted by atomic mass is 10.2. The minimum atomic E-state index is -0.311. The second-order valence-electron chi connectivity index (χ2n) is 4.66. The highest BCUT2D eigenvalue weighted by atomic mass is 19.1. The molecule has 1 aromatic carbocycles. The fourth-order valence-corrected chi connectivity index (χ4v) is 2.12. The molecular weight excluding hydrogens is 219 g/mol. The van der Waals surface area contributed by atoms with Crippen molar-refractivity contribution in [1.82, 2.24) is 9.80 Å². The van der Waals surface area contributed by atoms with E-state index in [-0.39, 0.29) is 11.7 Å². The molecule has 0 spiro atoms. The smallest absolute Gasteiger partial charge is 0.253 e. The van der Waals surface area contributed by atoms with Crippen molar-refractivity contribution in [2.45, 2.75) is 12.5 Å². The van der Waals surface area contributed by atoms with Gasteiger partial charge in [-0.25, -0.2) is 4.39 Å². The van der Waals surface area contributed by atoms with Crippen LogP contribution in [-0.4, -0.2) is 48.9 Å². The number of rotatable bonds is 2. The monoisotopic (exact) mass is 236 g/mol. The minimum Gasteiger partial charge on any atom is -0.337 e. The summed E-state index contributed by atoms with van der Waals surface area (Å²) in [5.41, 5.74) is 0.561. The molecule has 1 heterocycles. The highest BCUT2D eigenvalue weighted by Crippen LogP contribution is 2.16. The van der Waals surface area contributed by atoms with Crippen molar-refractivity contribution in [1.29, 1.82) is 0 Å². The quantitative estimate of drug-likeness (QED) is 0.778. The molecular formula is C13H17FN2O. The summed E-state index contributed by atoms with van der Waals surface area (Å²) >= 11 is 0. The van der Waals surface area contributed by atoms with Gasteiger partial charge in [-0.05, 0) is 44.8 Å². The van der Waals surface area contributed by atoms with Gasteiger partial charge in [-0.15, -0.1) is 0 Å². The van der Waals surface area contributed by atoms with Crippen LogP contribution >= 0.6 is 0 Å². The molecule has 2 rings (SSSR count). The van der Waals surface area contributed by atoms with Crippen LogP contribution in [0.1, 0.15) is 16.8 Å². The average molecular weight is 236 g/mol. The van der Waals surface area contributed by atoms with Crippen molar-refractivity contribution in [3.8, 4) is 0 Å². The molecule has 4 heteroatoms. The van der Waals surface area contributed by atoms with Crippen LogP contribution in [0.5, 0.6) is 0 Å². The number of hydrogen-bond donors (Lipinski definition) is 0. The topological polar surface area (TPSA) is 23.6 Å². The summed E-state index contributed by atoms with van der Waals surface area (Å²) in [6, 6.07) is 6.17. The third-order valence-corrected chi connectivity index (χ3v) is 3.27. The summed E-state index contributed by atoms with van der Waals surface area (Å²) in [5, 5.41) is 0. The Morgan fingerprint density at radius 2 is 2.00 bits per heavy atom. The molecule has 1 atom stereocenters. The number of hydrogen-bond acceptors (Lipinski definition) is 2. The van der Waals surface area contributed by atoms with Crippen LogP contribution in [0.4, 0.5) is 4.39 Å². The lowest BCUT2D eigenvalue weighted by Gasteiger charge is -2.20. The summed E-state index contributed by atoms with van der Waals surface area (Å²) in [6.07, 6.45) is 1.000. The van der Waals surface area contributed by atoms with Crippen LogP contribution in [0.15, 0.2) is 24.3 Å². The van der Waals surface area contributed by atoms with E-state index in [1.54, 1.807) is 12.1 Å². The molecule has 0 N–H and O–H groups in total. The summed E-state index contributed by atoms with van der Waals surface area (Å²) in [7, 11) is 4.05. The van der Waals surface area contributed by atoms with Gasteiger partial charge in [0.05, 0.1) is 0 Å². The Labute approximate surface area is 101 Å². The largest absolute Gasteiger partial charge is 0.337 e. The van der Waals surface area contributed by atoms with E-state index < -0.39 is 0 Å². The lowest BCUT2D eigenvalue weighted by molar-refractivity contribution is 0.0783. The van der Waals surface area contributed by atoms with E-state index in [1.807, 2.05) is 19.0 Å². The molecule has 1 amide bonds. The molecule has 0 aliphatic carbocycles. The molecule has 1 fully saturated rings. The van der Waals surface area contributed by atoms with Crippen molar-refractivity contribution < 1.29 is 9.18 Å². The number of nitrogens with zero attached hydrogens (tertiary/aromatic N) is 2. The first kappa shape index (κ1) is 12.0. The van der Waals surface area contributed by atoms with E-state index in [1.165, 1.54) is 12.1 Å². The number of likely N-dealkylation sites (tertiary alicyclic amines) is 1. The Bertz CT molecular complexity index is 402. The molecule has 1 saturated heterocycles. The van der Waals surface area contributed by atoms with E-state index in [0.29, 0.717) is 11.6 Å². The Hall–Kier alpha value is -1.42. The molecule has 1 aromatic rings. The van der Waals surface area contributed by atoms with Gasteiger partial charge in [-0.3, -0.25) is 4.79 Å². The van der Waals surface area contributed by atoms with E-state index in [2.05, 4.69) is 4.90 Å². The normalized spacial score (nSPS) is 20.0. The third kappa shape index (κ3) is 2.64. The molecule has 17 heavy (non-hydrogen) atoms. The Kier molecular flexibility index (Phi) is 3.43. The molecule has 0 aromatic heterocycles. The molecule has 1 aliphatic heterocycles. The number of carbonyl (C=O) groups is 1. The number of carbonyl (C=O) groups excluding carboxylic acids is 1. The third-order valence-electron chi connectivity index (χ3n) is 3.27. The highest BCUT2D eigenvalue weighted by molar-refractivity contribution is 5.94. The van der Waals surface area contributed by atoms with Crippen LogP contribution in [0, 0.1) is 5.82 Å². The molecule has 0 saturated carbocycles. The van der Waals surface area contributed by atoms with Gasteiger partial charge in [0, 0.05) is 24.7 Å². The van der Waals surface area contributed by atoms with Crippen LogP contribution in [-0.2, 0) is 0 Å². The van der Waals surface area contributed by atoms with Crippen LogP contribution in [0.3, 0.4) is 0 Å². The molecule has 0 radical (unpaired) electrons. The first-order valence-corrected chi connectivity index (χ1v) is 5.79. The minimum absolute atomic E-state index is 0.00523. The van der Waals surface area contributed by atoms with Gasteiger partial charge in [0.15, 0.2) is 0 Å². The van der Waals surface area contributed by atoms with Gasteiger partial charge in [0.2, 0.25) is 0 Å². The van der Waals surface area contributed by atoms with E-state index in [0.717, 1.165) is 19.5 Å². The van der Waals surface area contributed by atoms with E-state index in [4.69, 9.17) is 0 Å². The van der Waals surface area contributed by atoms with Crippen LogP contribution in [0.2, 0.25) is 0 Å². The number of likely N-dealkylation sites (N-methyl/N-ethyl adjacent to an activating group) is 1. The van der Waals surface area contributed by atoms with E-state index in [9.17, 15) is 9.18 Å². The van der Waals surface area contributed by atoms with Crippen molar-refractivity contribution in [2.24, 2.45) is 0 Å². The van der Waals surface area contributed by atoms with Gasteiger partial charge in [-0.2, -0.15) is 0 Å². The molecule has 1 unspecified atom stereocenters. The SMILES string of the molecule is CN(C)C1CCN(C(=O)c2ccc(F)cc2)C1. The molecule has 3 nitrogen and oxygen atoms in total. The average Bonchev–Trinajstić information content (AvgIpc) is 2.78. The Morgan fingerprint density at radius 3 is 2.53 bits per heavy atom. The predicted molar refractivity (Wildman–Crippen MR) is 64.4 cm³/mol. The van der Waals surface area contributed by atoms with Crippen molar-refractivity contribution >= 4 is 5.91 Å².